The second kappa shape index (κ2) is 5.30. The van der Waals surface area contributed by atoms with E-state index in [2.05, 4.69) is 5.10 Å². The van der Waals surface area contributed by atoms with Crippen LogP contribution in [0.3, 0.4) is 0 Å². The lowest BCUT2D eigenvalue weighted by Crippen LogP contribution is -2.52. The molecule has 0 radical (unpaired) electrons. The standard InChI is InChI=1S/C14H18N4OS/c1-4-18(5-2,14(15)20)16-12-10-8-6-7-9-11(10)17(3)13(12)19/h6-9H,4-5H2,1-3H3,(H-,15,20)/p+1/b16-12-. The number of rotatable bonds is 3. The largest absolute Gasteiger partial charge is 0.343 e. The van der Waals surface area contributed by atoms with Crippen molar-refractivity contribution in [2.75, 3.05) is 25.0 Å². The Morgan fingerprint density at radius 1 is 1.35 bits per heavy atom. The van der Waals surface area contributed by atoms with Crippen molar-refractivity contribution in [3.8, 4) is 0 Å². The zero-order valence-corrected chi connectivity index (χ0v) is 12.8. The Kier molecular flexibility index (Phi) is 3.87. The fourth-order valence-corrected chi connectivity index (χ4v) is 2.66. The number of nitrogens with two attached hydrogens (primary N) is 1. The number of anilines is 1. The number of carbonyl (C=O) groups excluding carboxylic acids is 1. The number of fused-ring (bicyclic) bond motifs is 1. The summed E-state index contributed by atoms with van der Waals surface area (Å²) in [4.78, 5) is 14.0. The highest BCUT2D eigenvalue weighted by Crippen LogP contribution is 2.28. The number of likely N-dealkylation sites (N-methyl/N-ethyl adjacent to an activating group) is 1. The van der Waals surface area contributed by atoms with Gasteiger partial charge in [0.15, 0.2) is 5.71 Å². The summed E-state index contributed by atoms with van der Waals surface area (Å²) in [6.07, 6.45) is 0. The highest BCUT2D eigenvalue weighted by molar-refractivity contribution is 7.79. The molecule has 0 fully saturated rings. The summed E-state index contributed by atoms with van der Waals surface area (Å²) in [5.74, 6) is -0.119. The minimum absolute atomic E-state index is 0.0958. The van der Waals surface area contributed by atoms with Gasteiger partial charge in [0.1, 0.15) is 13.1 Å². The first-order valence-corrected chi connectivity index (χ1v) is 7.02. The van der Waals surface area contributed by atoms with Crippen molar-refractivity contribution in [3.63, 3.8) is 0 Å². The number of quaternary nitrogens is 1. The van der Waals surface area contributed by atoms with Crippen LogP contribution in [0.2, 0.25) is 0 Å². The predicted molar refractivity (Wildman–Crippen MR) is 84.5 cm³/mol. The van der Waals surface area contributed by atoms with Gasteiger partial charge in [-0.15, -0.1) is 4.59 Å². The molecule has 0 spiro atoms. The van der Waals surface area contributed by atoms with Crippen molar-refractivity contribution in [3.05, 3.63) is 29.8 Å². The monoisotopic (exact) mass is 291 g/mol. The van der Waals surface area contributed by atoms with E-state index in [1.54, 1.807) is 11.9 Å². The van der Waals surface area contributed by atoms with E-state index in [1.165, 1.54) is 0 Å². The molecular weight excluding hydrogens is 272 g/mol. The third-order valence-electron chi connectivity index (χ3n) is 3.78. The average molecular weight is 291 g/mol. The molecule has 0 saturated heterocycles. The molecule has 0 saturated carbocycles. The van der Waals surface area contributed by atoms with Crippen LogP contribution < -0.4 is 10.6 Å². The predicted octanol–water partition coefficient (Wildman–Crippen LogP) is 1.47. The molecule has 1 aliphatic heterocycles. The van der Waals surface area contributed by atoms with Gasteiger partial charge in [-0.05, 0) is 19.9 Å². The molecule has 2 N–H and O–H groups in total. The summed E-state index contributed by atoms with van der Waals surface area (Å²) in [5.41, 5.74) is 7.97. The molecule has 2 rings (SSSR count). The number of nitrogens with zero attached hydrogens (tertiary/aromatic N) is 3. The molecule has 1 aromatic rings. The van der Waals surface area contributed by atoms with Gasteiger partial charge in [0.05, 0.1) is 5.69 Å². The Morgan fingerprint density at radius 3 is 2.50 bits per heavy atom. The van der Waals surface area contributed by atoms with Gasteiger partial charge in [-0.25, -0.2) is 0 Å². The first-order valence-electron chi connectivity index (χ1n) is 6.61. The van der Waals surface area contributed by atoms with E-state index in [1.807, 2.05) is 38.1 Å². The SMILES string of the molecule is CC[N+](CC)(/N=C1\C(=O)N(C)c2ccccc21)C(N)=S. The minimum atomic E-state index is -0.119. The van der Waals surface area contributed by atoms with Crippen LogP contribution in [0.5, 0.6) is 0 Å². The van der Waals surface area contributed by atoms with Crippen LogP contribution in [0.1, 0.15) is 19.4 Å². The molecule has 1 aliphatic rings. The molecule has 6 heteroatoms. The number of carbonyl (C=O) groups is 1. The average Bonchev–Trinajstić information content (AvgIpc) is 2.69. The van der Waals surface area contributed by atoms with Crippen molar-refractivity contribution in [1.29, 1.82) is 0 Å². The van der Waals surface area contributed by atoms with Gasteiger partial charge in [0.2, 0.25) is 0 Å². The highest BCUT2D eigenvalue weighted by atomic mass is 32.1. The molecule has 0 aliphatic carbocycles. The normalized spacial score (nSPS) is 16.6. The number of thiocarbonyl (C=S) groups is 1. The maximum atomic E-state index is 12.4. The van der Waals surface area contributed by atoms with Crippen LogP contribution in [0.25, 0.3) is 0 Å². The van der Waals surface area contributed by atoms with Gasteiger partial charge in [0.25, 0.3) is 11.0 Å². The highest BCUT2D eigenvalue weighted by Gasteiger charge is 2.37. The molecule has 1 heterocycles. The molecule has 20 heavy (non-hydrogen) atoms. The third-order valence-corrected chi connectivity index (χ3v) is 4.12. The second-order valence-corrected chi connectivity index (χ2v) is 5.14. The summed E-state index contributed by atoms with van der Waals surface area (Å²) < 4.78 is 0.0958. The van der Waals surface area contributed by atoms with Crippen LogP contribution in [0.4, 0.5) is 5.69 Å². The van der Waals surface area contributed by atoms with E-state index in [0.717, 1.165) is 11.3 Å². The van der Waals surface area contributed by atoms with Crippen molar-refractivity contribution in [1.82, 2.24) is 0 Å². The Bertz CT molecular complexity index is 593. The first-order chi connectivity index (χ1) is 9.46. The zero-order valence-electron chi connectivity index (χ0n) is 12.0. The molecule has 1 amide bonds. The minimum Gasteiger partial charge on any atom is -0.343 e. The van der Waals surface area contributed by atoms with Gasteiger partial charge >= 0.3 is 0 Å². The Labute approximate surface area is 124 Å². The molecule has 0 unspecified atom stereocenters. The Morgan fingerprint density at radius 2 is 1.95 bits per heavy atom. The van der Waals surface area contributed by atoms with E-state index in [0.29, 0.717) is 18.8 Å². The lowest BCUT2D eigenvalue weighted by atomic mass is 10.1. The molecule has 1 aromatic carbocycles. The number of hydrogen-bond donors (Lipinski definition) is 1. The van der Waals surface area contributed by atoms with Crippen LogP contribution >= 0.6 is 12.2 Å². The smallest absolute Gasteiger partial charge is 0.294 e. The number of hydrogen-bond acceptors (Lipinski definition) is 3. The van der Waals surface area contributed by atoms with Crippen LogP contribution in [0.15, 0.2) is 29.4 Å². The van der Waals surface area contributed by atoms with Gasteiger partial charge in [-0.2, -0.15) is 0 Å². The summed E-state index contributed by atoms with van der Waals surface area (Å²) >= 11 is 5.15. The summed E-state index contributed by atoms with van der Waals surface area (Å²) in [6, 6.07) is 7.60. The van der Waals surface area contributed by atoms with Crippen molar-refractivity contribution in [2.24, 2.45) is 10.8 Å². The number of benzene rings is 1. The van der Waals surface area contributed by atoms with E-state index in [-0.39, 0.29) is 15.6 Å². The van der Waals surface area contributed by atoms with E-state index >= 15 is 0 Å². The summed E-state index contributed by atoms with van der Waals surface area (Å²) in [5, 5.41) is 4.89. The Balaban J connectivity index is 2.60. The molecule has 5 nitrogen and oxygen atoms in total. The fraction of sp³-hybridized carbons (Fsp3) is 0.357. The molecule has 106 valence electrons. The van der Waals surface area contributed by atoms with Gasteiger partial charge in [-0.3, -0.25) is 4.79 Å². The van der Waals surface area contributed by atoms with Crippen molar-refractivity contribution < 1.29 is 9.39 Å². The topological polar surface area (TPSA) is 58.7 Å². The summed E-state index contributed by atoms with van der Waals surface area (Å²) in [7, 11) is 1.75. The second-order valence-electron chi connectivity index (χ2n) is 4.72. The van der Waals surface area contributed by atoms with Crippen LogP contribution in [0, 0.1) is 0 Å². The molecule has 0 aromatic heterocycles. The lowest BCUT2D eigenvalue weighted by molar-refractivity contribution is -0.843. The molecule has 0 bridgehead atoms. The fourth-order valence-electron chi connectivity index (χ4n) is 2.36. The van der Waals surface area contributed by atoms with Gasteiger partial charge in [-0.1, -0.05) is 23.3 Å². The number of amides is 1. The summed E-state index contributed by atoms with van der Waals surface area (Å²) in [6.45, 7) is 5.16. The van der Waals surface area contributed by atoms with Crippen molar-refractivity contribution in [2.45, 2.75) is 13.8 Å². The van der Waals surface area contributed by atoms with E-state index in [9.17, 15) is 4.79 Å². The first kappa shape index (κ1) is 14.6. The number of para-hydroxylation sites is 1. The maximum absolute atomic E-state index is 12.4. The zero-order chi connectivity index (χ0) is 14.9. The Hall–Kier alpha value is -1.79. The van der Waals surface area contributed by atoms with E-state index in [4.69, 9.17) is 18.0 Å². The van der Waals surface area contributed by atoms with Crippen molar-refractivity contribution >= 4 is 34.6 Å². The quantitative estimate of drug-likeness (QED) is 0.521. The molecule has 0 atom stereocenters. The van der Waals surface area contributed by atoms with Gasteiger partial charge < -0.3 is 10.6 Å². The van der Waals surface area contributed by atoms with E-state index < -0.39 is 0 Å². The lowest BCUT2D eigenvalue weighted by Gasteiger charge is -2.27. The maximum Gasteiger partial charge on any atom is 0.294 e. The third kappa shape index (κ3) is 2.10. The van der Waals surface area contributed by atoms with Crippen LogP contribution in [-0.4, -0.2) is 41.5 Å². The molecular formula is C14H19N4OS+. The van der Waals surface area contributed by atoms with Gasteiger partial charge in [0, 0.05) is 24.8 Å². The van der Waals surface area contributed by atoms with Crippen LogP contribution in [-0.2, 0) is 4.79 Å².